The molecule has 0 aromatic carbocycles. The first-order chi connectivity index (χ1) is 8.60. The molecule has 0 aliphatic carbocycles. The second-order valence-corrected chi connectivity index (χ2v) is 6.04. The second-order valence-electron chi connectivity index (χ2n) is 4.27. The molecule has 0 saturated heterocycles. The molecule has 0 fully saturated rings. The fourth-order valence-corrected chi connectivity index (χ4v) is 2.89. The highest BCUT2D eigenvalue weighted by Crippen LogP contribution is 2.11. The van der Waals surface area contributed by atoms with Gasteiger partial charge in [-0.2, -0.15) is 0 Å². The van der Waals surface area contributed by atoms with E-state index >= 15 is 0 Å². The summed E-state index contributed by atoms with van der Waals surface area (Å²) in [5.41, 5.74) is 5.52. The maximum Gasteiger partial charge on any atom is 0.242 e. The number of hydrogen-bond acceptors (Lipinski definition) is 4. The number of aromatic nitrogens is 1. The van der Waals surface area contributed by atoms with Crippen LogP contribution in [0.1, 0.15) is 26.2 Å². The Kier molecular flexibility index (Phi) is 6.24. The van der Waals surface area contributed by atoms with Gasteiger partial charge in [-0.05, 0) is 37.4 Å². The van der Waals surface area contributed by atoms with Crippen molar-refractivity contribution in [2.45, 2.75) is 31.1 Å². The van der Waals surface area contributed by atoms with Crippen LogP contribution in [0.25, 0.3) is 0 Å². The molecule has 1 atom stereocenters. The van der Waals surface area contributed by atoms with Crippen molar-refractivity contribution in [1.82, 2.24) is 9.71 Å². The van der Waals surface area contributed by atoms with E-state index in [0.29, 0.717) is 19.0 Å². The fourth-order valence-electron chi connectivity index (χ4n) is 1.81. The minimum atomic E-state index is -3.45. The highest BCUT2D eigenvalue weighted by Gasteiger charge is 2.16. The van der Waals surface area contributed by atoms with Crippen LogP contribution in [0.4, 0.5) is 0 Å². The van der Waals surface area contributed by atoms with Gasteiger partial charge in [-0.15, -0.1) is 0 Å². The molecule has 0 spiro atoms. The van der Waals surface area contributed by atoms with Crippen LogP contribution >= 0.6 is 0 Å². The van der Waals surface area contributed by atoms with Crippen LogP contribution in [-0.2, 0) is 10.0 Å². The van der Waals surface area contributed by atoms with Crippen LogP contribution in [0.5, 0.6) is 0 Å². The van der Waals surface area contributed by atoms with Gasteiger partial charge in [0.2, 0.25) is 10.0 Å². The highest BCUT2D eigenvalue weighted by molar-refractivity contribution is 7.89. The Labute approximate surface area is 109 Å². The SMILES string of the molecule is CCCC(CCN)CNS(=O)(=O)c1cccnc1. The average molecular weight is 271 g/mol. The third-order valence-electron chi connectivity index (χ3n) is 2.78. The molecule has 18 heavy (non-hydrogen) atoms. The zero-order valence-corrected chi connectivity index (χ0v) is 11.5. The first-order valence-electron chi connectivity index (χ1n) is 6.20. The number of rotatable bonds is 8. The molecule has 3 N–H and O–H groups in total. The van der Waals surface area contributed by atoms with Gasteiger partial charge in [-0.25, -0.2) is 13.1 Å². The largest absolute Gasteiger partial charge is 0.330 e. The van der Waals surface area contributed by atoms with Crippen molar-refractivity contribution in [3.05, 3.63) is 24.5 Å². The van der Waals surface area contributed by atoms with Crippen molar-refractivity contribution in [1.29, 1.82) is 0 Å². The number of pyridine rings is 1. The van der Waals surface area contributed by atoms with E-state index in [1.807, 2.05) is 0 Å². The first kappa shape index (κ1) is 15.1. The summed E-state index contributed by atoms with van der Waals surface area (Å²) >= 11 is 0. The molecule has 1 heterocycles. The van der Waals surface area contributed by atoms with Crippen molar-refractivity contribution in [3.63, 3.8) is 0 Å². The van der Waals surface area contributed by atoms with Crippen LogP contribution < -0.4 is 10.5 Å². The van der Waals surface area contributed by atoms with Crippen molar-refractivity contribution in [2.24, 2.45) is 11.7 Å². The summed E-state index contributed by atoms with van der Waals surface area (Å²) < 4.78 is 26.5. The van der Waals surface area contributed by atoms with Crippen LogP contribution in [0.15, 0.2) is 29.4 Å². The van der Waals surface area contributed by atoms with Crippen LogP contribution in [-0.4, -0.2) is 26.5 Å². The predicted octanol–water partition coefficient (Wildman–Crippen LogP) is 1.12. The summed E-state index contributed by atoms with van der Waals surface area (Å²) in [7, 11) is -3.45. The van der Waals surface area contributed by atoms with Gasteiger partial charge in [-0.1, -0.05) is 13.3 Å². The summed E-state index contributed by atoms with van der Waals surface area (Å²) in [6.07, 6.45) is 5.74. The lowest BCUT2D eigenvalue weighted by molar-refractivity contribution is 0.443. The lowest BCUT2D eigenvalue weighted by atomic mass is 10.0. The highest BCUT2D eigenvalue weighted by atomic mass is 32.2. The molecule has 1 aromatic heterocycles. The molecule has 5 nitrogen and oxygen atoms in total. The zero-order chi connectivity index (χ0) is 13.4. The summed E-state index contributed by atoms with van der Waals surface area (Å²) in [5.74, 6) is 0.298. The van der Waals surface area contributed by atoms with Gasteiger partial charge in [0.25, 0.3) is 0 Å². The van der Waals surface area contributed by atoms with Crippen molar-refractivity contribution in [3.8, 4) is 0 Å². The molecular formula is C12H21N3O2S. The molecular weight excluding hydrogens is 250 g/mol. The van der Waals surface area contributed by atoms with Gasteiger partial charge in [0, 0.05) is 18.9 Å². The Morgan fingerprint density at radius 3 is 2.78 bits per heavy atom. The van der Waals surface area contributed by atoms with E-state index in [-0.39, 0.29) is 4.90 Å². The quantitative estimate of drug-likeness (QED) is 0.742. The van der Waals surface area contributed by atoms with Gasteiger partial charge in [-0.3, -0.25) is 4.98 Å². The maximum absolute atomic E-state index is 12.0. The van der Waals surface area contributed by atoms with Gasteiger partial charge < -0.3 is 5.73 Å². The van der Waals surface area contributed by atoms with E-state index in [2.05, 4.69) is 16.6 Å². The van der Waals surface area contributed by atoms with Crippen LogP contribution in [0, 0.1) is 5.92 Å². The minimum absolute atomic E-state index is 0.202. The minimum Gasteiger partial charge on any atom is -0.330 e. The number of nitrogens with one attached hydrogen (secondary N) is 1. The second kappa shape index (κ2) is 7.45. The fraction of sp³-hybridized carbons (Fsp3) is 0.583. The molecule has 0 bridgehead atoms. The Bertz CT molecular complexity index is 428. The Hall–Kier alpha value is -0.980. The van der Waals surface area contributed by atoms with Crippen molar-refractivity contribution >= 4 is 10.0 Å². The molecule has 102 valence electrons. The number of nitrogens with two attached hydrogens (primary N) is 1. The van der Waals surface area contributed by atoms with E-state index in [9.17, 15) is 8.42 Å². The molecule has 0 amide bonds. The normalized spacial score (nSPS) is 13.4. The monoisotopic (exact) mass is 271 g/mol. The van der Waals surface area contributed by atoms with Gasteiger partial charge in [0.15, 0.2) is 0 Å². The first-order valence-corrected chi connectivity index (χ1v) is 7.68. The predicted molar refractivity (Wildman–Crippen MR) is 71.5 cm³/mol. The lowest BCUT2D eigenvalue weighted by Crippen LogP contribution is -2.30. The van der Waals surface area contributed by atoms with Gasteiger partial charge in [0.05, 0.1) is 0 Å². The lowest BCUT2D eigenvalue weighted by Gasteiger charge is -2.15. The molecule has 6 heteroatoms. The van der Waals surface area contributed by atoms with E-state index in [0.717, 1.165) is 19.3 Å². The molecule has 0 aliphatic rings. The smallest absolute Gasteiger partial charge is 0.242 e. The van der Waals surface area contributed by atoms with E-state index in [4.69, 9.17) is 5.73 Å². The average Bonchev–Trinajstić information content (AvgIpc) is 2.38. The zero-order valence-electron chi connectivity index (χ0n) is 10.7. The number of hydrogen-bond donors (Lipinski definition) is 2. The number of nitrogens with zero attached hydrogens (tertiary/aromatic N) is 1. The third kappa shape index (κ3) is 4.72. The van der Waals surface area contributed by atoms with Crippen LogP contribution in [0.3, 0.4) is 0 Å². The van der Waals surface area contributed by atoms with Crippen LogP contribution in [0.2, 0.25) is 0 Å². The summed E-state index contributed by atoms with van der Waals surface area (Å²) in [6, 6.07) is 3.14. The van der Waals surface area contributed by atoms with E-state index in [1.165, 1.54) is 12.3 Å². The third-order valence-corrected chi connectivity index (χ3v) is 4.19. The van der Waals surface area contributed by atoms with Gasteiger partial charge >= 0.3 is 0 Å². The van der Waals surface area contributed by atoms with Crippen molar-refractivity contribution < 1.29 is 8.42 Å². The molecule has 1 aromatic rings. The Balaban J connectivity index is 2.61. The Morgan fingerprint density at radius 1 is 1.44 bits per heavy atom. The van der Waals surface area contributed by atoms with E-state index < -0.39 is 10.0 Å². The molecule has 1 rings (SSSR count). The topological polar surface area (TPSA) is 85.1 Å². The summed E-state index contributed by atoms with van der Waals surface area (Å²) in [6.45, 7) is 3.10. The standard InChI is InChI=1S/C12H21N3O2S/c1-2-4-11(6-7-13)9-15-18(16,17)12-5-3-8-14-10-12/h3,5,8,10-11,15H,2,4,6-7,9,13H2,1H3. The molecule has 0 saturated carbocycles. The number of sulfonamides is 1. The summed E-state index contributed by atoms with van der Waals surface area (Å²) in [5, 5.41) is 0. The maximum atomic E-state index is 12.0. The molecule has 0 aliphatic heterocycles. The van der Waals surface area contributed by atoms with Crippen molar-refractivity contribution in [2.75, 3.05) is 13.1 Å². The summed E-state index contributed by atoms with van der Waals surface area (Å²) in [4.78, 5) is 4.01. The molecule has 1 unspecified atom stereocenters. The van der Waals surface area contributed by atoms with Gasteiger partial charge in [0.1, 0.15) is 4.90 Å². The molecule has 0 radical (unpaired) electrons. The Morgan fingerprint density at radius 2 is 2.22 bits per heavy atom. The van der Waals surface area contributed by atoms with E-state index in [1.54, 1.807) is 12.3 Å².